The van der Waals surface area contributed by atoms with Crippen LogP contribution >= 0.6 is 0 Å². The van der Waals surface area contributed by atoms with Crippen LogP contribution in [0, 0.1) is 0 Å². The van der Waals surface area contributed by atoms with E-state index in [2.05, 4.69) is 6.92 Å². The van der Waals surface area contributed by atoms with E-state index < -0.39 is 0 Å². The quantitative estimate of drug-likeness (QED) is 0.670. The Balaban J connectivity index is 2.25. The summed E-state index contributed by atoms with van der Waals surface area (Å²) in [5.74, 6) is 0.108. The average molecular weight is 190 g/mol. The third kappa shape index (κ3) is 1.46. The Morgan fingerprint density at radius 3 is 2.29 bits per heavy atom. The molecule has 0 bridgehead atoms. The van der Waals surface area contributed by atoms with Crippen LogP contribution in [0.3, 0.4) is 0 Å². The van der Waals surface area contributed by atoms with Crippen LogP contribution in [0.2, 0.25) is 0 Å². The van der Waals surface area contributed by atoms with Crippen molar-refractivity contribution in [2.24, 2.45) is 0 Å². The summed E-state index contributed by atoms with van der Waals surface area (Å²) in [6, 6.07) is 7.70. The molecule has 1 aliphatic rings. The topological polar surface area (TPSA) is 26.3 Å². The molecule has 2 heteroatoms. The fourth-order valence-electron chi connectivity index (χ4n) is 1.69. The van der Waals surface area contributed by atoms with E-state index in [-0.39, 0.29) is 11.4 Å². The summed E-state index contributed by atoms with van der Waals surface area (Å²) in [4.78, 5) is 11.1. The molecule has 2 rings (SSSR count). The van der Waals surface area contributed by atoms with E-state index in [0.29, 0.717) is 0 Å². The summed E-state index contributed by atoms with van der Waals surface area (Å²) < 4.78 is 5.52. The van der Waals surface area contributed by atoms with Gasteiger partial charge in [0.2, 0.25) is 0 Å². The summed E-state index contributed by atoms with van der Waals surface area (Å²) in [7, 11) is 0. The molecule has 0 saturated carbocycles. The zero-order valence-electron chi connectivity index (χ0n) is 8.54. The molecule has 1 aromatic rings. The van der Waals surface area contributed by atoms with E-state index >= 15 is 0 Å². The Morgan fingerprint density at radius 2 is 1.93 bits per heavy atom. The van der Waals surface area contributed by atoms with E-state index in [1.807, 2.05) is 24.3 Å². The second-order valence-corrected chi connectivity index (χ2v) is 3.96. The number of rotatable bonds is 2. The van der Waals surface area contributed by atoms with Gasteiger partial charge in [0.1, 0.15) is 0 Å². The highest BCUT2D eigenvalue weighted by Gasteiger charge is 2.34. The molecule has 0 spiro atoms. The Bertz CT molecular complexity index is 347. The van der Waals surface area contributed by atoms with E-state index in [1.165, 1.54) is 0 Å². The summed E-state index contributed by atoms with van der Waals surface area (Å²) in [6.07, 6.45) is 1.06. The molecule has 1 atom stereocenters. The molecule has 1 saturated heterocycles. The van der Waals surface area contributed by atoms with Crippen LogP contribution in [0.1, 0.15) is 36.2 Å². The highest BCUT2D eigenvalue weighted by Crippen LogP contribution is 2.36. The van der Waals surface area contributed by atoms with Crippen LogP contribution in [0.15, 0.2) is 24.3 Å². The minimum atomic E-state index is -0.116. The van der Waals surface area contributed by atoms with Crippen molar-refractivity contribution in [3.63, 3.8) is 0 Å². The van der Waals surface area contributed by atoms with Crippen molar-refractivity contribution in [1.82, 2.24) is 0 Å². The zero-order valence-corrected chi connectivity index (χ0v) is 8.54. The van der Waals surface area contributed by atoms with Gasteiger partial charge in [-0.1, -0.05) is 24.3 Å². The van der Waals surface area contributed by atoms with Gasteiger partial charge in [0.25, 0.3) is 0 Å². The Labute approximate surface area is 83.9 Å². The van der Waals surface area contributed by atoms with Gasteiger partial charge in [0.05, 0.1) is 12.2 Å². The number of hydrogen-bond donors (Lipinski definition) is 0. The summed E-state index contributed by atoms with van der Waals surface area (Å²) >= 11 is 0. The van der Waals surface area contributed by atoms with E-state index in [9.17, 15) is 4.79 Å². The highest BCUT2D eigenvalue weighted by molar-refractivity contribution is 5.94. The molecular weight excluding hydrogens is 176 g/mol. The first-order valence-corrected chi connectivity index (χ1v) is 4.87. The van der Waals surface area contributed by atoms with Gasteiger partial charge >= 0.3 is 0 Å². The summed E-state index contributed by atoms with van der Waals surface area (Å²) in [5.41, 5.74) is 1.81. The van der Waals surface area contributed by atoms with Crippen LogP contribution in [0.5, 0.6) is 0 Å². The maximum Gasteiger partial charge on any atom is 0.159 e. The lowest BCUT2D eigenvalue weighted by atomic mass is 9.88. The molecule has 2 nitrogen and oxygen atoms in total. The highest BCUT2D eigenvalue weighted by atomic mass is 16.5. The molecule has 74 valence electrons. The minimum absolute atomic E-state index is 0.108. The lowest BCUT2D eigenvalue weighted by molar-refractivity contribution is -0.140. The molecular formula is C12H14O2. The van der Waals surface area contributed by atoms with Crippen LogP contribution in [0.25, 0.3) is 0 Å². The van der Waals surface area contributed by atoms with Gasteiger partial charge in [-0.05, 0) is 19.4 Å². The number of ketones is 1. The fraction of sp³-hybridized carbons (Fsp3) is 0.417. The lowest BCUT2D eigenvalue weighted by Gasteiger charge is -2.39. The molecule has 0 aliphatic carbocycles. The largest absolute Gasteiger partial charge is 0.370 e. The third-order valence-electron chi connectivity index (χ3n) is 2.90. The van der Waals surface area contributed by atoms with Crippen LogP contribution in [-0.4, -0.2) is 12.4 Å². The first kappa shape index (κ1) is 9.41. The van der Waals surface area contributed by atoms with Gasteiger partial charge in [-0.25, -0.2) is 0 Å². The van der Waals surface area contributed by atoms with Crippen molar-refractivity contribution >= 4 is 5.78 Å². The molecule has 0 aromatic heterocycles. The van der Waals surface area contributed by atoms with Gasteiger partial charge in [0, 0.05) is 12.0 Å². The SMILES string of the molecule is CC(=O)c1ccc(C2(C)CCO2)cc1. The molecule has 14 heavy (non-hydrogen) atoms. The number of ether oxygens (including phenoxy) is 1. The second kappa shape index (κ2) is 3.21. The molecule has 1 aliphatic heterocycles. The van der Waals surface area contributed by atoms with Crippen molar-refractivity contribution in [3.05, 3.63) is 35.4 Å². The lowest BCUT2D eigenvalue weighted by Crippen LogP contribution is -2.37. The first-order valence-electron chi connectivity index (χ1n) is 4.87. The van der Waals surface area contributed by atoms with Crippen molar-refractivity contribution < 1.29 is 9.53 Å². The summed E-state index contributed by atoms with van der Waals surface area (Å²) in [6.45, 7) is 4.50. The number of benzene rings is 1. The van der Waals surface area contributed by atoms with Gasteiger partial charge in [0.15, 0.2) is 5.78 Å². The zero-order chi connectivity index (χ0) is 10.2. The Morgan fingerprint density at radius 1 is 1.36 bits per heavy atom. The monoisotopic (exact) mass is 190 g/mol. The van der Waals surface area contributed by atoms with E-state index in [1.54, 1.807) is 6.92 Å². The van der Waals surface area contributed by atoms with E-state index in [0.717, 1.165) is 24.2 Å². The fourth-order valence-corrected chi connectivity index (χ4v) is 1.69. The van der Waals surface area contributed by atoms with Gasteiger partial charge in [-0.2, -0.15) is 0 Å². The Kier molecular flexibility index (Phi) is 2.16. The average Bonchev–Trinajstić information content (AvgIpc) is 2.14. The minimum Gasteiger partial charge on any atom is -0.370 e. The molecule has 1 fully saturated rings. The smallest absolute Gasteiger partial charge is 0.159 e. The van der Waals surface area contributed by atoms with Crippen molar-refractivity contribution in [2.75, 3.05) is 6.61 Å². The van der Waals surface area contributed by atoms with E-state index in [4.69, 9.17) is 4.74 Å². The molecule has 0 radical (unpaired) electrons. The van der Waals surface area contributed by atoms with Gasteiger partial charge in [-0.3, -0.25) is 4.79 Å². The van der Waals surface area contributed by atoms with Crippen molar-refractivity contribution in [1.29, 1.82) is 0 Å². The van der Waals surface area contributed by atoms with Crippen LogP contribution < -0.4 is 0 Å². The number of hydrogen-bond acceptors (Lipinski definition) is 2. The van der Waals surface area contributed by atoms with Gasteiger partial charge < -0.3 is 4.74 Å². The first-order chi connectivity index (χ1) is 6.62. The predicted molar refractivity (Wildman–Crippen MR) is 54.4 cm³/mol. The van der Waals surface area contributed by atoms with Crippen molar-refractivity contribution in [3.8, 4) is 0 Å². The molecule has 1 heterocycles. The molecule has 0 amide bonds. The summed E-state index contributed by atoms with van der Waals surface area (Å²) in [5, 5.41) is 0. The normalized spacial score (nSPS) is 25.6. The van der Waals surface area contributed by atoms with Gasteiger partial charge in [-0.15, -0.1) is 0 Å². The molecule has 1 unspecified atom stereocenters. The molecule has 0 N–H and O–H groups in total. The number of carbonyl (C=O) groups is 1. The molecule has 1 aromatic carbocycles. The predicted octanol–water partition coefficient (Wildman–Crippen LogP) is 2.52. The maximum absolute atomic E-state index is 11.1. The standard InChI is InChI=1S/C12H14O2/c1-9(13)10-3-5-11(6-4-10)12(2)7-8-14-12/h3-6H,7-8H2,1-2H3. The third-order valence-corrected chi connectivity index (χ3v) is 2.90. The number of Topliss-reactive ketones (excluding diaryl/α,β-unsaturated/α-hetero) is 1. The second-order valence-electron chi connectivity index (χ2n) is 3.96. The van der Waals surface area contributed by atoms with Crippen LogP contribution in [-0.2, 0) is 10.3 Å². The van der Waals surface area contributed by atoms with Crippen LogP contribution in [0.4, 0.5) is 0 Å². The van der Waals surface area contributed by atoms with Crippen molar-refractivity contribution in [2.45, 2.75) is 25.9 Å². The maximum atomic E-state index is 11.1. The Hall–Kier alpha value is -1.15. The number of carbonyl (C=O) groups excluding carboxylic acids is 1.